The van der Waals surface area contributed by atoms with Crippen LogP contribution in [0.15, 0.2) is 77.7 Å². The minimum atomic E-state index is -3.82. The third-order valence-corrected chi connectivity index (χ3v) is 6.51. The predicted octanol–water partition coefficient (Wildman–Crippen LogP) is 5.21. The Bertz CT molecular complexity index is 1450. The summed E-state index contributed by atoms with van der Waals surface area (Å²) in [5, 5.41) is 3.61. The van der Waals surface area contributed by atoms with E-state index in [0.29, 0.717) is 16.9 Å². The summed E-state index contributed by atoms with van der Waals surface area (Å²) in [5.74, 6) is -0.323. The Kier molecular flexibility index (Phi) is 5.67. The number of amides is 1. The summed E-state index contributed by atoms with van der Waals surface area (Å²) in [4.78, 5) is 17.7. The van der Waals surface area contributed by atoms with Crippen LogP contribution in [0.5, 0.6) is 0 Å². The minimum absolute atomic E-state index is 0.0654. The molecule has 4 aromatic rings. The van der Waals surface area contributed by atoms with Gasteiger partial charge in [-0.05, 0) is 68.3 Å². The van der Waals surface area contributed by atoms with Crippen LogP contribution >= 0.6 is 0 Å². The number of pyridine rings is 1. The van der Waals surface area contributed by atoms with Crippen LogP contribution in [0, 0.1) is 20.8 Å². The lowest BCUT2D eigenvalue weighted by atomic mass is 10.1. The Balaban J connectivity index is 1.66. The van der Waals surface area contributed by atoms with Gasteiger partial charge < -0.3 is 5.32 Å². The number of aromatic nitrogens is 1. The molecule has 0 bridgehead atoms. The third kappa shape index (κ3) is 4.48. The molecule has 0 saturated heterocycles. The zero-order valence-electron chi connectivity index (χ0n) is 18.0. The first-order chi connectivity index (χ1) is 15.2. The number of rotatable bonds is 5. The van der Waals surface area contributed by atoms with Crippen molar-refractivity contribution in [2.75, 3.05) is 10.0 Å². The van der Waals surface area contributed by atoms with Crippen LogP contribution in [0.1, 0.15) is 27.2 Å². The molecule has 0 aliphatic heterocycles. The number of carbonyl (C=O) groups is 1. The van der Waals surface area contributed by atoms with Crippen LogP contribution in [0.3, 0.4) is 0 Å². The van der Waals surface area contributed by atoms with Gasteiger partial charge in [0.15, 0.2) is 0 Å². The molecule has 1 aromatic heterocycles. The maximum absolute atomic E-state index is 13.1. The first-order valence-electron chi connectivity index (χ1n) is 10.1. The number of para-hydroxylation sites is 1. The van der Waals surface area contributed by atoms with Gasteiger partial charge >= 0.3 is 0 Å². The second kappa shape index (κ2) is 8.43. The van der Waals surface area contributed by atoms with Crippen LogP contribution in [0.2, 0.25) is 0 Å². The predicted molar refractivity (Wildman–Crippen MR) is 128 cm³/mol. The fraction of sp³-hybridized carbons (Fsp3) is 0.120. The second-order valence-electron chi connectivity index (χ2n) is 7.73. The van der Waals surface area contributed by atoms with Gasteiger partial charge in [0, 0.05) is 22.5 Å². The summed E-state index contributed by atoms with van der Waals surface area (Å²) in [7, 11) is -3.82. The first-order valence-corrected chi connectivity index (χ1v) is 11.6. The molecular formula is C25H23N3O3S. The Labute approximate surface area is 187 Å². The number of anilines is 2. The lowest BCUT2D eigenvalue weighted by Crippen LogP contribution is -2.16. The number of benzene rings is 3. The van der Waals surface area contributed by atoms with Gasteiger partial charge in [-0.2, -0.15) is 0 Å². The van der Waals surface area contributed by atoms with Crippen LogP contribution in [0.25, 0.3) is 10.9 Å². The van der Waals surface area contributed by atoms with Gasteiger partial charge in [0.1, 0.15) is 0 Å². The summed E-state index contributed by atoms with van der Waals surface area (Å²) in [6, 6.07) is 21.0. The molecule has 0 spiro atoms. The SMILES string of the molecule is Cc1cccc(NS(=O)(=O)c2ccc(C)c(NC(=O)c3cc(C)nc4ccccc34)c2)c1. The molecule has 0 atom stereocenters. The lowest BCUT2D eigenvalue weighted by Gasteiger charge is -2.14. The van der Waals surface area contributed by atoms with E-state index in [9.17, 15) is 13.2 Å². The Morgan fingerprint density at radius 2 is 1.66 bits per heavy atom. The molecule has 3 aromatic carbocycles. The van der Waals surface area contributed by atoms with E-state index in [1.54, 1.807) is 30.3 Å². The molecule has 0 unspecified atom stereocenters. The Morgan fingerprint density at radius 3 is 2.44 bits per heavy atom. The van der Waals surface area contributed by atoms with Crippen molar-refractivity contribution in [3.05, 3.63) is 95.2 Å². The average Bonchev–Trinajstić information content (AvgIpc) is 2.74. The molecule has 1 amide bonds. The largest absolute Gasteiger partial charge is 0.322 e. The molecule has 2 N–H and O–H groups in total. The molecule has 1 heterocycles. The smallest absolute Gasteiger partial charge is 0.261 e. The molecule has 0 radical (unpaired) electrons. The molecule has 7 heteroatoms. The topological polar surface area (TPSA) is 88.2 Å². The normalized spacial score (nSPS) is 11.3. The van der Waals surface area contributed by atoms with Gasteiger partial charge in [-0.1, -0.05) is 36.4 Å². The van der Waals surface area contributed by atoms with Crippen LogP contribution < -0.4 is 10.0 Å². The number of fused-ring (bicyclic) bond motifs is 1. The van der Waals surface area contributed by atoms with E-state index < -0.39 is 10.0 Å². The van der Waals surface area contributed by atoms with Crippen molar-refractivity contribution >= 4 is 38.2 Å². The molecule has 6 nitrogen and oxygen atoms in total. The quantitative estimate of drug-likeness (QED) is 0.441. The number of nitrogens with zero attached hydrogens (tertiary/aromatic N) is 1. The highest BCUT2D eigenvalue weighted by Gasteiger charge is 2.18. The van der Waals surface area contributed by atoms with Crippen molar-refractivity contribution in [1.82, 2.24) is 4.98 Å². The zero-order chi connectivity index (χ0) is 22.9. The summed E-state index contributed by atoms with van der Waals surface area (Å²) in [5.41, 5.74) is 4.55. The van der Waals surface area contributed by atoms with E-state index in [1.807, 2.05) is 51.1 Å². The lowest BCUT2D eigenvalue weighted by molar-refractivity contribution is 0.102. The van der Waals surface area contributed by atoms with E-state index in [0.717, 1.165) is 27.7 Å². The number of hydrogen-bond donors (Lipinski definition) is 2. The van der Waals surface area contributed by atoms with Crippen LogP contribution in [-0.2, 0) is 10.0 Å². The summed E-state index contributed by atoms with van der Waals surface area (Å²) in [6.07, 6.45) is 0. The van der Waals surface area contributed by atoms with E-state index in [4.69, 9.17) is 0 Å². The molecule has 0 aliphatic rings. The van der Waals surface area contributed by atoms with E-state index in [1.165, 1.54) is 12.1 Å². The summed E-state index contributed by atoms with van der Waals surface area (Å²) in [6.45, 7) is 5.54. The van der Waals surface area contributed by atoms with Gasteiger partial charge in [0.2, 0.25) is 0 Å². The van der Waals surface area contributed by atoms with Crippen molar-refractivity contribution in [2.24, 2.45) is 0 Å². The monoisotopic (exact) mass is 445 g/mol. The Morgan fingerprint density at radius 1 is 0.875 bits per heavy atom. The summed E-state index contributed by atoms with van der Waals surface area (Å²) < 4.78 is 28.4. The molecular weight excluding hydrogens is 422 g/mol. The number of hydrogen-bond acceptors (Lipinski definition) is 4. The number of aryl methyl sites for hydroxylation is 3. The fourth-order valence-corrected chi connectivity index (χ4v) is 4.59. The third-order valence-electron chi connectivity index (χ3n) is 5.13. The highest BCUT2D eigenvalue weighted by molar-refractivity contribution is 7.92. The molecule has 4 rings (SSSR count). The Hall–Kier alpha value is -3.71. The zero-order valence-corrected chi connectivity index (χ0v) is 18.8. The van der Waals surface area contributed by atoms with Gasteiger partial charge in [-0.3, -0.25) is 14.5 Å². The minimum Gasteiger partial charge on any atom is -0.322 e. The van der Waals surface area contributed by atoms with E-state index in [-0.39, 0.29) is 10.8 Å². The van der Waals surface area contributed by atoms with Gasteiger partial charge in [-0.15, -0.1) is 0 Å². The standard InChI is InChI=1S/C25H23N3O3S/c1-16-7-6-8-19(13-16)28-32(30,31)20-12-11-17(2)24(15-20)27-25(29)22-14-18(3)26-23-10-5-4-9-21(22)23/h4-15,28H,1-3H3,(H,27,29). The van der Waals surface area contributed by atoms with E-state index in [2.05, 4.69) is 15.0 Å². The summed E-state index contributed by atoms with van der Waals surface area (Å²) >= 11 is 0. The maximum atomic E-state index is 13.1. The van der Waals surface area contributed by atoms with Crippen molar-refractivity contribution < 1.29 is 13.2 Å². The highest BCUT2D eigenvalue weighted by Crippen LogP contribution is 2.25. The number of nitrogens with one attached hydrogen (secondary N) is 2. The van der Waals surface area contributed by atoms with Crippen LogP contribution in [0.4, 0.5) is 11.4 Å². The van der Waals surface area contributed by atoms with Crippen molar-refractivity contribution in [3.63, 3.8) is 0 Å². The maximum Gasteiger partial charge on any atom is 0.261 e. The number of carbonyl (C=O) groups excluding carboxylic acids is 1. The van der Waals surface area contributed by atoms with Crippen LogP contribution in [-0.4, -0.2) is 19.3 Å². The number of sulfonamides is 1. The van der Waals surface area contributed by atoms with E-state index >= 15 is 0 Å². The highest BCUT2D eigenvalue weighted by atomic mass is 32.2. The molecule has 32 heavy (non-hydrogen) atoms. The molecule has 0 aliphatic carbocycles. The van der Waals surface area contributed by atoms with Gasteiger partial charge in [-0.25, -0.2) is 8.42 Å². The molecule has 0 fully saturated rings. The van der Waals surface area contributed by atoms with Gasteiger partial charge in [0.25, 0.3) is 15.9 Å². The molecule has 0 saturated carbocycles. The second-order valence-corrected chi connectivity index (χ2v) is 9.42. The van der Waals surface area contributed by atoms with Crippen molar-refractivity contribution in [3.8, 4) is 0 Å². The fourth-order valence-electron chi connectivity index (χ4n) is 3.51. The van der Waals surface area contributed by atoms with Crippen molar-refractivity contribution in [1.29, 1.82) is 0 Å². The average molecular weight is 446 g/mol. The van der Waals surface area contributed by atoms with Crippen molar-refractivity contribution in [2.45, 2.75) is 25.7 Å². The first kappa shape index (κ1) is 21.5. The van der Waals surface area contributed by atoms with Gasteiger partial charge in [0.05, 0.1) is 16.0 Å². The molecule has 162 valence electrons.